The van der Waals surface area contributed by atoms with Gasteiger partial charge >= 0.3 is 5.97 Å². The van der Waals surface area contributed by atoms with Gasteiger partial charge in [0.15, 0.2) is 11.9 Å². The molecule has 0 spiro atoms. The van der Waals surface area contributed by atoms with E-state index in [4.69, 9.17) is 39.5 Å². The average molecular weight is 1430 g/mol. The smallest absolute Gasteiger partial charge is 0.326 e. The number of hydrogen-bond acceptors (Lipinski definition) is 18. The van der Waals surface area contributed by atoms with Crippen LogP contribution in [0.15, 0.2) is 60.9 Å². The van der Waals surface area contributed by atoms with Crippen LogP contribution in [0, 0.1) is 22.7 Å². The van der Waals surface area contributed by atoms with Gasteiger partial charge < -0.3 is 118 Å². The van der Waals surface area contributed by atoms with E-state index in [2.05, 4.69) is 73.8 Å². The number of carboxylic acids is 1. The molecule has 0 unspecified atom stereocenters. The maximum atomic E-state index is 14.7. The van der Waals surface area contributed by atoms with Gasteiger partial charge in [-0.25, -0.2) is 4.79 Å². The minimum absolute atomic E-state index is 0.0237. The van der Waals surface area contributed by atoms with Crippen LogP contribution in [-0.2, 0) is 65.6 Å². The molecule has 564 valence electrons. The van der Waals surface area contributed by atoms with E-state index in [9.17, 15) is 68.1 Å². The Kier molecular flexibility index (Phi) is 35.6. The maximum absolute atomic E-state index is 14.7. The lowest BCUT2D eigenvalue weighted by Crippen LogP contribution is -2.62. The number of aliphatic hydroxyl groups excluding tert-OH is 2. The molecule has 2 heterocycles. The number of para-hydroxylation sites is 2. The number of amides is 10. The number of nitrogens with one attached hydrogen (secondary N) is 16. The normalized spacial score (nSPS) is 14.9. The molecule has 0 radical (unpaired) electrons. The summed E-state index contributed by atoms with van der Waals surface area (Å²) in [7, 11) is 0. The van der Waals surface area contributed by atoms with Crippen LogP contribution in [0.25, 0.3) is 21.8 Å². The minimum Gasteiger partial charge on any atom is -0.480 e. The average Bonchev–Trinajstić information content (AvgIpc) is 1.64. The highest BCUT2D eigenvalue weighted by Crippen LogP contribution is 2.22. The van der Waals surface area contributed by atoms with Crippen molar-refractivity contribution in [2.45, 2.75) is 198 Å². The van der Waals surface area contributed by atoms with Crippen molar-refractivity contribution in [1.29, 1.82) is 10.8 Å². The predicted molar refractivity (Wildman–Crippen MR) is 382 cm³/mol. The lowest BCUT2D eigenvalue weighted by atomic mass is 9.99. The number of aromatic nitrogens is 2. The number of nitrogens with two attached hydrogens (primary N) is 5. The molecule has 4 rings (SSSR count). The summed E-state index contributed by atoms with van der Waals surface area (Å²) in [6, 6.07) is -1.42. The second kappa shape index (κ2) is 43.0. The molecule has 0 saturated heterocycles. The topological polar surface area (TPSA) is 602 Å². The maximum Gasteiger partial charge on any atom is 0.326 e. The van der Waals surface area contributed by atoms with Crippen molar-refractivity contribution in [3.63, 3.8) is 0 Å². The van der Waals surface area contributed by atoms with Crippen LogP contribution in [0.4, 0.5) is 0 Å². The molecule has 0 fully saturated rings. The molecular formula is C67H107N21O14. The second-order valence-corrected chi connectivity index (χ2v) is 26.0. The highest BCUT2D eigenvalue weighted by atomic mass is 16.4. The monoisotopic (exact) mass is 1430 g/mol. The highest BCUT2D eigenvalue weighted by Gasteiger charge is 2.38. The molecule has 35 nitrogen and oxygen atoms in total. The van der Waals surface area contributed by atoms with Crippen LogP contribution in [0.3, 0.4) is 0 Å². The zero-order valence-corrected chi connectivity index (χ0v) is 58.8. The summed E-state index contributed by atoms with van der Waals surface area (Å²) in [5.74, 6) is -11.8. The van der Waals surface area contributed by atoms with Crippen LogP contribution >= 0.6 is 0 Å². The number of guanidine groups is 2. The van der Waals surface area contributed by atoms with E-state index >= 15 is 0 Å². The van der Waals surface area contributed by atoms with Gasteiger partial charge in [-0.2, -0.15) is 0 Å². The summed E-state index contributed by atoms with van der Waals surface area (Å²) in [5.41, 5.74) is 31.2. The van der Waals surface area contributed by atoms with E-state index < -0.39 is 156 Å². The summed E-state index contributed by atoms with van der Waals surface area (Å²) >= 11 is 0. The van der Waals surface area contributed by atoms with Gasteiger partial charge in [-0.05, 0) is 133 Å². The Morgan fingerprint density at radius 3 is 1.33 bits per heavy atom. The van der Waals surface area contributed by atoms with Crippen LogP contribution in [0.5, 0.6) is 0 Å². The third-order valence-electron chi connectivity index (χ3n) is 16.8. The van der Waals surface area contributed by atoms with E-state index in [1.165, 1.54) is 6.92 Å². The first-order valence-electron chi connectivity index (χ1n) is 34.4. The summed E-state index contributed by atoms with van der Waals surface area (Å²) < 4.78 is 0. The number of carbonyl (C=O) groups is 11. The fourth-order valence-electron chi connectivity index (χ4n) is 11.1. The molecule has 2 aromatic carbocycles. The molecule has 12 atom stereocenters. The number of fused-ring (bicyclic) bond motifs is 2. The zero-order chi connectivity index (χ0) is 75.8. The van der Waals surface area contributed by atoms with Gasteiger partial charge in [-0.1, -0.05) is 64.1 Å². The molecule has 0 saturated carbocycles. The Morgan fingerprint density at radius 2 is 0.853 bits per heavy atom. The molecule has 10 amide bonds. The second-order valence-electron chi connectivity index (χ2n) is 26.0. The quantitative estimate of drug-likeness (QED) is 0.0116. The number of carboxylic acid groups (broad SMARTS) is 1. The van der Waals surface area contributed by atoms with Gasteiger partial charge in [-0.3, -0.25) is 58.8 Å². The van der Waals surface area contributed by atoms with Crippen LogP contribution in [0.2, 0.25) is 0 Å². The fraction of sp³-hybridized carbons (Fsp3) is 0.567. The summed E-state index contributed by atoms with van der Waals surface area (Å²) in [4.78, 5) is 160. The van der Waals surface area contributed by atoms with E-state index in [1.807, 2.05) is 0 Å². The number of hydrogen-bond donors (Lipinski definition) is 24. The number of rotatable bonds is 46. The first-order chi connectivity index (χ1) is 48.4. The predicted octanol–water partition coefficient (Wildman–Crippen LogP) is -3.43. The van der Waals surface area contributed by atoms with Crippen LogP contribution < -0.4 is 92.5 Å². The molecule has 0 aliphatic carbocycles. The third kappa shape index (κ3) is 27.9. The number of aliphatic carboxylic acids is 1. The third-order valence-corrected chi connectivity index (χ3v) is 16.8. The lowest BCUT2D eigenvalue weighted by molar-refractivity contribution is -0.142. The standard InChI is InChI=1S/C67H107N21O14/c1-35(2)29-49(61(97)81-48(24-16-28-76-67(73)74)59(95)88-54(38(6)90)64(100)86-52(34-89)62(98)85-51(65(101)102)31-40-33-78-45-21-10-8-18-42(40)45)83-55(91)37(5)79-60(96)50(30-39-32-77-44-20-9-7-17-41(39)44)84-57(93)46(22-11-13-25-68)82-63(99)53(36(3)4)87-58(94)47(23-12-14-26-69)80-56(92)43(70)19-15-27-75-66(71)72/h7-10,17-18,20-21,32-33,35-38,43,46-54,77-78,89-90H,11-16,19,22-31,34,68-70H2,1-6H3,(H,79,96)(H,80,92)(H,81,97)(H,82,99)(H,83,91)(H,84,93)(H,85,98)(H,86,100)(H,87,94)(H,88,95)(H,101,102)(H4,71,72,75)(H4,73,74,76)/t37-,38+,43-,46-,47-,48-,49-,50-,51-,52-,53-,54-/m0/s1. The lowest BCUT2D eigenvalue weighted by Gasteiger charge is -2.29. The Bertz CT molecular complexity index is 3470. The van der Waals surface area contributed by atoms with Crippen molar-refractivity contribution in [2.75, 3.05) is 32.8 Å². The Balaban J connectivity index is 1.55. The number of carbonyl (C=O) groups excluding carboxylic acids is 10. The molecule has 0 aliphatic rings. The van der Waals surface area contributed by atoms with Gasteiger partial charge in [0, 0.05) is 60.1 Å². The molecule has 0 bridgehead atoms. The number of unbranched alkanes of at least 4 members (excludes halogenated alkanes) is 2. The van der Waals surface area contributed by atoms with Crippen molar-refractivity contribution >= 4 is 98.8 Å². The Hall–Kier alpha value is -9.97. The van der Waals surface area contributed by atoms with E-state index in [0.29, 0.717) is 66.1 Å². The molecule has 35 heteroatoms. The number of aromatic amines is 2. The van der Waals surface area contributed by atoms with Gasteiger partial charge in [-0.15, -0.1) is 0 Å². The molecule has 4 aromatic rings. The van der Waals surface area contributed by atoms with Crippen molar-refractivity contribution in [2.24, 2.45) is 40.5 Å². The molecular weight excluding hydrogens is 1320 g/mol. The fourth-order valence-corrected chi connectivity index (χ4v) is 11.1. The van der Waals surface area contributed by atoms with E-state index in [-0.39, 0.29) is 82.9 Å². The van der Waals surface area contributed by atoms with Gasteiger partial charge in [0.1, 0.15) is 60.4 Å². The molecule has 29 N–H and O–H groups in total. The number of H-pyrrole nitrogens is 2. The van der Waals surface area contributed by atoms with Gasteiger partial charge in [0.05, 0.1) is 18.8 Å². The SMILES string of the molecule is CC(C)C[C@H](NC(=O)[C@H](C)NC(=O)[C@H](Cc1c[nH]c2ccccc12)NC(=O)[C@H](CCCCN)NC(=O)[C@@H](NC(=O)[C@H](CCCCN)NC(=O)[C@@H](N)CCCNC(=N)N)C(C)C)C(=O)N[C@@H](CCCNC(=N)N)C(=O)N[C@H](C(=O)N[C@@H](CO)C(=O)N[C@@H](Cc1c[nH]c2ccccc12)C(=O)O)[C@@H](C)O. The van der Waals surface area contributed by atoms with Crippen molar-refractivity contribution < 1.29 is 68.1 Å². The zero-order valence-electron chi connectivity index (χ0n) is 58.8. The first kappa shape index (κ1) is 84.4. The van der Waals surface area contributed by atoms with Crippen LogP contribution in [-0.4, -0.2) is 208 Å². The number of benzene rings is 2. The van der Waals surface area contributed by atoms with Crippen molar-refractivity contribution in [3.05, 3.63) is 72.1 Å². The molecule has 2 aromatic heterocycles. The summed E-state index contributed by atoms with van der Waals surface area (Å²) in [6.45, 7) is 9.13. The van der Waals surface area contributed by atoms with Gasteiger partial charge in [0.2, 0.25) is 59.1 Å². The number of aliphatic hydroxyl groups is 2. The Labute approximate surface area is 592 Å². The summed E-state index contributed by atoms with van der Waals surface area (Å²) in [5, 5.41) is 78.6. The van der Waals surface area contributed by atoms with E-state index in [1.54, 1.807) is 88.6 Å². The summed E-state index contributed by atoms with van der Waals surface area (Å²) in [6.07, 6.45) is 3.55. The molecule has 102 heavy (non-hydrogen) atoms. The van der Waals surface area contributed by atoms with Crippen molar-refractivity contribution in [1.82, 2.24) is 73.8 Å². The first-order valence-corrected chi connectivity index (χ1v) is 34.4. The van der Waals surface area contributed by atoms with Gasteiger partial charge in [0.25, 0.3) is 0 Å². The van der Waals surface area contributed by atoms with Crippen molar-refractivity contribution in [3.8, 4) is 0 Å². The molecule has 0 aliphatic heterocycles. The highest BCUT2D eigenvalue weighted by molar-refractivity contribution is 6.00. The van der Waals surface area contributed by atoms with E-state index in [0.717, 1.165) is 12.4 Å². The largest absolute Gasteiger partial charge is 0.480 e. The Morgan fingerprint density at radius 1 is 0.461 bits per heavy atom. The minimum atomic E-state index is -1.85. The van der Waals surface area contributed by atoms with Crippen LogP contribution in [0.1, 0.15) is 123 Å².